The maximum absolute atomic E-state index is 14.8. The second-order valence-corrected chi connectivity index (χ2v) is 10.8. The molecule has 2 aromatic heterocycles. The second-order valence-electron chi connectivity index (χ2n) is 10.0. The Balaban J connectivity index is 1.31. The third kappa shape index (κ3) is 5.20. The summed E-state index contributed by atoms with van der Waals surface area (Å²) in [5.41, 5.74) is 3.08. The highest BCUT2D eigenvalue weighted by Gasteiger charge is 2.48. The maximum Gasteiger partial charge on any atom is 0.338 e. The van der Waals surface area contributed by atoms with Crippen molar-refractivity contribution in [2.75, 3.05) is 0 Å². The van der Waals surface area contributed by atoms with Gasteiger partial charge in [-0.05, 0) is 47.4 Å². The number of carbonyl (C=O) groups is 1. The lowest BCUT2D eigenvalue weighted by molar-refractivity contribution is -0.0391. The molecule has 41 heavy (non-hydrogen) atoms. The molecule has 10 heteroatoms. The molecule has 1 aliphatic rings. The van der Waals surface area contributed by atoms with Crippen molar-refractivity contribution < 1.29 is 24.1 Å². The molecule has 5 atom stereocenters. The quantitative estimate of drug-likeness (QED) is 0.174. The number of carbonyl (C=O) groups excluding carboxylic acids is 1. The van der Waals surface area contributed by atoms with Gasteiger partial charge in [-0.25, -0.2) is 19.2 Å². The molecule has 0 unspecified atom stereocenters. The molecular formula is C31H24Cl2FN3O4. The van der Waals surface area contributed by atoms with Crippen LogP contribution in [0.4, 0.5) is 4.39 Å². The Morgan fingerprint density at radius 3 is 2.32 bits per heavy atom. The highest BCUT2D eigenvalue weighted by Crippen LogP contribution is 2.45. The number of fused-ring (bicyclic) bond motifs is 1. The van der Waals surface area contributed by atoms with Crippen LogP contribution in [0.3, 0.4) is 0 Å². The van der Waals surface area contributed by atoms with Crippen LogP contribution in [0.2, 0.25) is 10.2 Å². The summed E-state index contributed by atoms with van der Waals surface area (Å²) in [5.74, 6) is -1.97. The van der Waals surface area contributed by atoms with Gasteiger partial charge in [-0.15, -0.1) is 0 Å². The number of rotatable bonds is 6. The number of ether oxygens (including phenoxy) is 1. The van der Waals surface area contributed by atoms with E-state index < -0.39 is 42.1 Å². The molecule has 1 saturated carbocycles. The van der Waals surface area contributed by atoms with Crippen molar-refractivity contribution in [2.45, 2.75) is 30.8 Å². The molecule has 0 amide bonds. The van der Waals surface area contributed by atoms with E-state index in [1.807, 2.05) is 42.5 Å². The van der Waals surface area contributed by atoms with Crippen LogP contribution in [0, 0.1) is 11.7 Å². The molecule has 1 aliphatic carbocycles. The van der Waals surface area contributed by atoms with Gasteiger partial charge < -0.3 is 19.5 Å². The van der Waals surface area contributed by atoms with Gasteiger partial charge >= 0.3 is 5.97 Å². The van der Waals surface area contributed by atoms with E-state index in [0.29, 0.717) is 16.1 Å². The lowest BCUT2D eigenvalue weighted by Crippen LogP contribution is -2.32. The molecule has 7 nitrogen and oxygen atoms in total. The average molecular weight is 592 g/mol. The third-order valence-corrected chi connectivity index (χ3v) is 8.16. The van der Waals surface area contributed by atoms with Crippen molar-refractivity contribution in [1.29, 1.82) is 0 Å². The van der Waals surface area contributed by atoms with Crippen LogP contribution in [0.25, 0.3) is 22.2 Å². The maximum atomic E-state index is 14.8. The Morgan fingerprint density at radius 1 is 0.927 bits per heavy atom. The van der Waals surface area contributed by atoms with E-state index in [2.05, 4.69) is 9.97 Å². The molecule has 2 heterocycles. The van der Waals surface area contributed by atoms with E-state index in [-0.39, 0.29) is 22.6 Å². The summed E-state index contributed by atoms with van der Waals surface area (Å²) in [6, 6.07) is 22.8. The SMILES string of the molecule is O=C(O[C@H](c1ccc(Cl)cc1)[C@H]1C[C@@H](n2cc(F)c3c(Cl)ncnc32)[C@H](O)[C@@H]1O)c1ccc(-c2ccccc2)cc1. The summed E-state index contributed by atoms with van der Waals surface area (Å²) >= 11 is 12.2. The number of aliphatic hydroxyl groups excluding tert-OH is 2. The largest absolute Gasteiger partial charge is 0.453 e. The van der Waals surface area contributed by atoms with E-state index in [1.165, 1.54) is 17.1 Å². The minimum Gasteiger partial charge on any atom is -0.453 e. The molecule has 0 spiro atoms. The van der Waals surface area contributed by atoms with Gasteiger partial charge in [0, 0.05) is 17.1 Å². The number of benzene rings is 3. The molecule has 5 aromatic rings. The summed E-state index contributed by atoms with van der Waals surface area (Å²) in [4.78, 5) is 21.4. The number of hydrogen-bond donors (Lipinski definition) is 2. The highest BCUT2D eigenvalue weighted by atomic mass is 35.5. The third-order valence-electron chi connectivity index (χ3n) is 7.62. The van der Waals surface area contributed by atoms with Crippen LogP contribution in [0.1, 0.15) is 34.5 Å². The lowest BCUT2D eigenvalue weighted by atomic mass is 9.92. The van der Waals surface area contributed by atoms with Crippen molar-refractivity contribution >= 4 is 40.2 Å². The summed E-state index contributed by atoms with van der Waals surface area (Å²) in [5, 5.41) is 22.8. The molecule has 3 aromatic carbocycles. The van der Waals surface area contributed by atoms with Crippen LogP contribution < -0.4 is 0 Å². The molecule has 6 rings (SSSR count). The minimum absolute atomic E-state index is 0.0268. The Hall–Kier alpha value is -3.82. The first kappa shape index (κ1) is 27.4. The van der Waals surface area contributed by atoms with Gasteiger partial charge in [-0.3, -0.25) is 0 Å². The van der Waals surface area contributed by atoms with Crippen LogP contribution in [-0.2, 0) is 4.74 Å². The summed E-state index contributed by atoms with van der Waals surface area (Å²) in [6.45, 7) is 0. The number of nitrogens with zero attached hydrogens (tertiary/aromatic N) is 3. The number of hydrogen-bond acceptors (Lipinski definition) is 6. The average Bonchev–Trinajstić information content (AvgIpc) is 3.48. The highest BCUT2D eigenvalue weighted by molar-refractivity contribution is 6.34. The fourth-order valence-corrected chi connectivity index (χ4v) is 5.89. The van der Waals surface area contributed by atoms with Crippen LogP contribution in [0.5, 0.6) is 0 Å². The number of aliphatic hydroxyl groups is 2. The molecule has 208 valence electrons. The van der Waals surface area contributed by atoms with E-state index in [0.717, 1.165) is 11.1 Å². The first-order valence-corrected chi connectivity index (χ1v) is 13.7. The standard InChI is InChI=1S/C31H24Cl2FN3O4/c32-21-12-10-19(11-13-21)28(41-31(40)20-8-6-18(7-9-20)17-4-2-1-3-5-17)22-14-24(27(39)26(22)38)37-15-23(34)25-29(33)35-16-36-30(25)37/h1-13,15-16,22,24,26-28,38-39H,14H2/t22-,24+,26+,27-,28+/m0/s1. The zero-order valence-corrected chi connectivity index (χ0v) is 23.0. The Kier molecular flexibility index (Phi) is 7.48. The molecule has 1 fully saturated rings. The van der Waals surface area contributed by atoms with E-state index in [1.54, 1.807) is 36.4 Å². The van der Waals surface area contributed by atoms with Crippen LogP contribution in [-0.4, -0.2) is 42.9 Å². The Morgan fingerprint density at radius 2 is 1.61 bits per heavy atom. The van der Waals surface area contributed by atoms with E-state index in [4.69, 9.17) is 27.9 Å². The topological polar surface area (TPSA) is 97.5 Å². The smallest absolute Gasteiger partial charge is 0.338 e. The van der Waals surface area contributed by atoms with Crippen LogP contribution >= 0.6 is 23.2 Å². The van der Waals surface area contributed by atoms with Crippen molar-refractivity contribution in [3.05, 3.63) is 119 Å². The second kappa shape index (κ2) is 11.2. The van der Waals surface area contributed by atoms with Gasteiger partial charge in [-0.2, -0.15) is 0 Å². The fraction of sp³-hybridized carbons (Fsp3) is 0.194. The summed E-state index contributed by atoms with van der Waals surface area (Å²) < 4.78 is 22.3. The van der Waals surface area contributed by atoms with Gasteiger partial charge in [-0.1, -0.05) is 77.8 Å². The first-order valence-electron chi connectivity index (χ1n) is 13.0. The zero-order valence-electron chi connectivity index (χ0n) is 21.4. The van der Waals surface area contributed by atoms with Gasteiger partial charge in [0.05, 0.1) is 23.1 Å². The molecule has 0 radical (unpaired) electrons. The molecular weight excluding hydrogens is 568 g/mol. The van der Waals surface area contributed by atoms with Gasteiger partial charge in [0.25, 0.3) is 0 Å². The van der Waals surface area contributed by atoms with E-state index >= 15 is 0 Å². The first-order chi connectivity index (χ1) is 19.8. The van der Waals surface area contributed by atoms with Crippen molar-refractivity contribution in [3.63, 3.8) is 0 Å². The molecule has 0 aliphatic heterocycles. The number of esters is 1. The van der Waals surface area contributed by atoms with Gasteiger partial charge in [0.15, 0.2) is 5.82 Å². The fourth-order valence-electron chi connectivity index (χ4n) is 5.54. The molecule has 2 N–H and O–H groups in total. The zero-order chi connectivity index (χ0) is 28.7. The van der Waals surface area contributed by atoms with Gasteiger partial charge in [0.1, 0.15) is 29.3 Å². The van der Waals surface area contributed by atoms with Crippen molar-refractivity contribution in [1.82, 2.24) is 14.5 Å². The monoisotopic (exact) mass is 591 g/mol. The van der Waals surface area contributed by atoms with E-state index in [9.17, 15) is 19.4 Å². The van der Waals surface area contributed by atoms with Crippen LogP contribution in [0.15, 0.2) is 91.4 Å². The minimum atomic E-state index is -1.30. The normalized spacial score (nSPS) is 21.2. The van der Waals surface area contributed by atoms with Gasteiger partial charge in [0.2, 0.25) is 0 Å². The Labute approximate surface area is 244 Å². The van der Waals surface area contributed by atoms with Crippen molar-refractivity contribution in [2.24, 2.45) is 5.92 Å². The number of aromatic nitrogens is 3. The molecule has 0 saturated heterocycles. The number of halogens is 3. The Bertz CT molecular complexity index is 1700. The summed E-state index contributed by atoms with van der Waals surface area (Å²) in [7, 11) is 0. The predicted octanol–water partition coefficient (Wildman–Crippen LogP) is 6.43. The predicted molar refractivity (Wildman–Crippen MR) is 153 cm³/mol. The summed E-state index contributed by atoms with van der Waals surface area (Å²) in [6.07, 6.45) is -0.994. The lowest BCUT2D eigenvalue weighted by Gasteiger charge is -2.27. The molecule has 0 bridgehead atoms. The van der Waals surface area contributed by atoms with Crippen molar-refractivity contribution in [3.8, 4) is 11.1 Å².